The largest absolute Gasteiger partial charge is 0.444 e. The monoisotopic (exact) mass is 597 g/mol. The number of likely N-dealkylation sites (tertiary alicyclic amines) is 2. The van der Waals surface area contributed by atoms with Crippen molar-refractivity contribution in [1.29, 1.82) is 0 Å². The first-order chi connectivity index (χ1) is 20.4. The zero-order valence-corrected chi connectivity index (χ0v) is 26.3. The molecule has 3 heterocycles. The Bertz CT molecular complexity index is 1210. The van der Waals surface area contributed by atoms with Gasteiger partial charge in [0.1, 0.15) is 11.6 Å². The first-order valence-corrected chi connectivity index (χ1v) is 15.6. The van der Waals surface area contributed by atoms with Gasteiger partial charge in [-0.3, -0.25) is 19.7 Å². The summed E-state index contributed by atoms with van der Waals surface area (Å²) >= 11 is 0. The van der Waals surface area contributed by atoms with Crippen LogP contribution in [0.15, 0.2) is 18.2 Å². The molecule has 1 unspecified atom stereocenters. The average molecular weight is 598 g/mol. The molecule has 1 atom stereocenters. The molecule has 43 heavy (non-hydrogen) atoms. The maximum Gasteiger partial charge on any atom is 0.410 e. The highest BCUT2D eigenvalue weighted by Gasteiger charge is 2.54. The first-order valence-electron chi connectivity index (χ1n) is 15.6. The normalized spacial score (nSPS) is 22.9. The number of anilines is 2. The van der Waals surface area contributed by atoms with Gasteiger partial charge < -0.3 is 29.1 Å². The van der Waals surface area contributed by atoms with Crippen LogP contribution in [-0.2, 0) is 23.9 Å². The summed E-state index contributed by atoms with van der Waals surface area (Å²) in [6.07, 6.45) is 5.42. The number of benzene rings is 1. The van der Waals surface area contributed by atoms with E-state index >= 15 is 0 Å². The Morgan fingerprint density at radius 1 is 1.09 bits per heavy atom. The number of carbonyl (C=O) groups is 4. The van der Waals surface area contributed by atoms with Crippen LogP contribution in [0.4, 0.5) is 16.2 Å². The van der Waals surface area contributed by atoms with Gasteiger partial charge >= 0.3 is 6.09 Å². The minimum Gasteiger partial charge on any atom is -0.444 e. The molecule has 1 aromatic carbocycles. The van der Waals surface area contributed by atoms with Gasteiger partial charge in [-0.1, -0.05) is 6.07 Å². The summed E-state index contributed by atoms with van der Waals surface area (Å²) in [5.74, 6) is -0.312. The number of piperidine rings is 2. The van der Waals surface area contributed by atoms with Crippen LogP contribution in [-0.4, -0.2) is 105 Å². The van der Waals surface area contributed by atoms with Gasteiger partial charge in [0.25, 0.3) is 0 Å². The SMILES string of the molecule is CN(C)c1cc(C2CCN(CCOC3CC4(C3)CN(C(=O)OC(C)(C)C)C4)CC2)ccc1N(C=O)C1CCC(=O)NC1=O. The molecule has 1 spiro atoms. The molecule has 0 radical (unpaired) electrons. The Morgan fingerprint density at radius 3 is 2.40 bits per heavy atom. The molecule has 1 N–H and O–H groups in total. The number of ether oxygens (including phenoxy) is 2. The summed E-state index contributed by atoms with van der Waals surface area (Å²) < 4.78 is 11.7. The van der Waals surface area contributed by atoms with Gasteiger partial charge in [-0.15, -0.1) is 0 Å². The van der Waals surface area contributed by atoms with Crippen LogP contribution in [0.2, 0.25) is 0 Å². The van der Waals surface area contributed by atoms with E-state index in [-0.39, 0.29) is 29.9 Å². The van der Waals surface area contributed by atoms with Crippen LogP contribution in [0.5, 0.6) is 0 Å². The van der Waals surface area contributed by atoms with Crippen molar-refractivity contribution >= 4 is 35.7 Å². The van der Waals surface area contributed by atoms with E-state index in [0.717, 1.165) is 70.7 Å². The molecule has 11 heteroatoms. The molecule has 1 saturated carbocycles. The van der Waals surface area contributed by atoms with E-state index < -0.39 is 17.6 Å². The second-order valence-corrected chi connectivity index (χ2v) is 14.0. The zero-order valence-electron chi connectivity index (χ0n) is 26.3. The van der Waals surface area contributed by atoms with Crippen molar-refractivity contribution in [3.8, 4) is 0 Å². The molecule has 1 aliphatic carbocycles. The summed E-state index contributed by atoms with van der Waals surface area (Å²) in [4.78, 5) is 56.1. The minimum atomic E-state index is -0.698. The van der Waals surface area contributed by atoms with Crippen molar-refractivity contribution in [2.24, 2.45) is 5.41 Å². The lowest BCUT2D eigenvalue weighted by molar-refractivity contribution is -0.148. The van der Waals surface area contributed by atoms with E-state index in [4.69, 9.17) is 9.47 Å². The van der Waals surface area contributed by atoms with Gasteiger partial charge in [-0.25, -0.2) is 4.79 Å². The first kappa shape index (κ1) is 31.3. The van der Waals surface area contributed by atoms with E-state index in [9.17, 15) is 19.2 Å². The number of imide groups is 1. The predicted octanol–water partition coefficient (Wildman–Crippen LogP) is 3.12. The van der Waals surface area contributed by atoms with E-state index in [1.807, 2.05) is 45.8 Å². The van der Waals surface area contributed by atoms with Crippen LogP contribution < -0.4 is 15.1 Å². The summed E-state index contributed by atoms with van der Waals surface area (Å²) in [6, 6.07) is 5.45. The molecule has 4 aliphatic rings. The molecular weight excluding hydrogens is 550 g/mol. The van der Waals surface area contributed by atoms with Gasteiger partial charge in [-0.05, 0) is 89.6 Å². The van der Waals surface area contributed by atoms with Crippen LogP contribution in [0.3, 0.4) is 0 Å². The lowest BCUT2D eigenvalue weighted by Gasteiger charge is -2.58. The fourth-order valence-corrected chi connectivity index (χ4v) is 6.96. The molecule has 0 aromatic heterocycles. The highest BCUT2D eigenvalue weighted by atomic mass is 16.6. The van der Waals surface area contributed by atoms with Crippen LogP contribution in [0, 0.1) is 5.41 Å². The van der Waals surface area contributed by atoms with Gasteiger partial charge in [0.05, 0.1) is 24.1 Å². The quantitative estimate of drug-likeness (QED) is 0.342. The molecule has 5 rings (SSSR count). The topological polar surface area (TPSA) is 112 Å². The van der Waals surface area contributed by atoms with Crippen molar-refractivity contribution in [3.05, 3.63) is 23.8 Å². The predicted molar refractivity (Wildman–Crippen MR) is 163 cm³/mol. The Balaban J connectivity index is 1.06. The highest BCUT2D eigenvalue weighted by Crippen LogP contribution is 2.50. The standard InChI is InChI=1S/C32H47N5O6/c1-31(2,3)43-30(41)36-19-32(20-36)17-24(18-32)42-15-14-35-12-10-22(11-13-35)23-6-7-25(27(16-23)34(4)5)37(21-38)26-8-9-28(39)33-29(26)40/h6-7,16,21-22,24,26H,8-15,17-20H2,1-5H3,(H,33,39,40). The fourth-order valence-electron chi connectivity index (χ4n) is 6.96. The third-order valence-electron chi connectivity index (χ3n) is 9.26. The number of amides is 4. The van der Waals surface area contributed by atoms with Crippen molar-refractivity contribution in [2.45, 2.75) is 83.0 Å². The third-order valence-corrected chi connectivity index (χ3v) is 9.26. The second-order valence-electron chi connectivity index (χ2n) is 14.0. The van der Waals surface area contributed by atoms with Crippen LogP contribution in [0.1, 0.15) is 70.8 Å². The van der Waals surface area contributed by atoms with Gasteiger partial charge in [0.15, 0.2) is 0 Å². The highest BCUT2D eigenvalue weighted by molar-refractivity contribution is 6.04. The molecule has 4 fully saturated rings. The van der Waals surface area contributed by atoms with E-state index in [1.54, 1.807) is 4.90 Å². The minimum absolute atomic E-state index is 0.213. The van der Waals surface area contributed by atoms with Crippen LogP contribution >= 0.6 is 0 Å². The second kappa shape index (κ2) is 12.4. The van der Waals surface area contributed by atoms with Gasteiger partial charge in [0.2, 0.25) is 18.2 Å². The molecule has 1 aromatic rings. The molecule has 3 aliphatic heterocycles. The Kier molecular flexibility index (Phi) is 9.04. The fraction of sp³-hybridized carbons (Fsp3) is 0.688. The number of nitrogens with one attached hydrogen (secondary N) is 1. The lowest BCUT2D eigenvalue weighted by Crippen LogP contribution is -2.65. The Hall–Kier alpha value is -3.18. The summed E-state index contributed by atoms with van der Waals surface area (Å²) in [5.41, 5.74) is 2.55. The molecule has 4 amide bonds. The van der Waals surface area contributed by atoms with Crippen molar-refractivity contribution in [2.75, 3.05) is 63.2 Å². The van der Waals surface area contributed by atoms with Crippen molar-refractivity contribution in [1.82, 2.24) is 15.1 Å². The average Bonchev–Trinajstić information content (AvgIpc) is 2.89. The summed E-state index contributed by atoms with van der Waals surface area (Å²) in [7, 11) is 3.87. The summed E-state index contributed by atoms with van der Waals surface area (Å²) in [6.45, 7) is 10.9. The van der Waals surface area contributed by atoms with E-state index in [1.165, 1.54) is 10.5 Å². The number of rotatable bonds is 9. The number of nitrogens with zero attached hydrogens (tertiary/aromatic N) is 4. The Morgan fingerprint density at radius 2 is 1.79 bits per heavy atom. The summed E-state index contributed by atoms with van der Waals surface area (Å²) in [5, 5.41) is 2.35. The van der Waals surface area contributed by atoms with E-state index in [0.29, 0.717) is 24.4 Å². The van der Waals surface area contributed by atoms with Gasteiger partial charge in [-0.2, -0.15) is 0 Å². The Labute approximate surface area is 254 Å². The molecule has 236 valence electrons. The molecular formula is C32H47N5O6. The molecule has 0 bridgehead atoms. The van der Waals surface area contributed by atoms with Crippen molar-refractivity contribution in [3.63, 3.8) is 0 Å². The van der Waals surface area contributed by atoms with Crippen LogP contribution in [0.25, 0.3) is 0 Å². The van der Waals surface area contributed by atoms with Gasteiger partial charge in [0, 0.05) is 45.6 Å². The van der Waals surface area contributed by atoms with E-state index in [2.05, 4.69) is 22.3 Å². The maximum atomic E-state index is 12.5. The lowest BCUT2D eigenvalue weighted by atomic mass is 9.62. The molecule has 3 saturated heterocycles. The smallest absolute Gasteiger partial charge is 0.410 e. The third kappa shape index (κ3) is 7.15. The number of hydrogen-bond donors (Lipinski definition) is 1. The molecule has 11 nitrogen and oxygen atoms in total. The maximum absolute atomic E-state index is 12.5. The number of hydrogen-bond acceptors (Lipinski definition) is 8. The van der Waals surface area contributed by atoms with Crippen molar-refractivity contribution < 1.29 is 28.7 Å². The zero-order chi connectivity index (χ0) is 30.9. The number of carbonyl (C=O) groups excluding carboxylic acids is 4.